The number of ether oxygens (including phenoxy) is 7. The average Bonchev–Trinajstić information content (AvgIpc) is 0.801. The van der Waals surface area contributed by atoms with Crippen molar-refractivity contribution in [3.05, 3.63) is 285 Å². The molecule has 2 unspecified atom stereocenters. The monoisotopic (exact) mass is 1550 g/mol. The molecule has 24 nitrogen and oxygen atoms in total. The van der Waals surface area contributed by atoms with Gasteiger partial charge in [0.2, 0.25) is 0 Å². The minimum Gasteiger partial charge on any atom is -0.484 e. The van der Waals surface area contributed by atoms with Crippen molar-refractivity contribution in [1.29, 1.82) is 0 Å². The Kier molecular flexibility index (Phi) is 30.8. The number of nitrogens with one attached hydrogen (secondary N) is 7. The van der Waals surface area contributed by atoms with Gasteiger partial charge in [-0.3, -0.25) is 38.6 Å². The van der Waals surface area contributed by atoms with Crippen molar-refractivity contribution < 1.29 is 66.7 Å². The molecule has 7 amide bonds. The first-order valence-electron chi connectivity index (χ1n) is 38.9. The molecule has 9 aromatic rings. The van der Waals surface area contributed by atoms with E-state index in [0.29, 0.717) is 32.1 Å². The summed E-state index contributed by atoms with van der Waals surface area (Å²) in [6, 6.07) is 64.2. The molecule has 3 heterocycles. The lowest BCUT2D eigenvalue weighted by atomic mass is 10.0. The molecular formula is C90H102N10O14. The van der Waals surface area contributed by atoms with Gasteiger partial charge in [0, 0.05) is 84.1 Å². The number of alkyl carbamates (subject to hydrolysis) is 1. The Bertz CT molecular complexity index is 4630. The third kappa shape index (κ3) is 24.9. The van der Waals surface area contributed by atoms with Crippen LogP contribution in [0, 0.1) is 0 Å². The van der Waals surface area contributed by atoms with Gasteiger partial charge in [-0.25, -0.2) is 4.79 Å². The second-order valence-electron chi connectivity index (χ2n) is 28.9. The maximum absolute atomic E-state index is 15.9. The van der Waals surface area contributed by atoms with Crippen molar-refractivity contribution in [2.75, 3.05) is 78.5 Å². The lowest BCUT2D eigenvalue weighted by molar-refractivity contribution is 0.0525. The fraction of sp³-hybridized carbons (Fsp3) is 0.322. The van der Waals surface area contributed by atoms with E-state index in [9.17, 15) is 4.79 Å². The first kappa shape index (κ1) is 82.7. The summed E-state index contributed by atoms with van der Waals surface area (Å²) in [7, 11) is 0. The van der Waals surface area contributed by atoms with Crippen LogP contribution in [-0.4, -0.2) is 148 Å². The summed E-state index contributed by atoms with van der Waals surface area (Å²) in [5.41, 5.74) is 10.7. The van der Waals surface area contributed by atoms with Crippen LogP contribution >= 0.6 is 0 Å². The first-order chi connectivity index (χ1) is 55.5. The predicted molar refractivity (Wildman–Crippen MR) is 435 cm³/mol. The van der Waals surface area contributed by atoms with Crippen molar-refractivity contribution in [3.63, 3.8) is 0 Å². The fourth-order valence-electron chi connectivity index (χ4n) is 13.2. The van der Waals surface area contributed by atoms with Crippen molar-refractivity contribution in [1.82, 2.24) is 47.0 Å². The zero-order valence-corrected chi connectivity index (χ0v) is 64.9. The maximum Gasteiger partial charge on any atom is 0.407 e. The van der Waals surface area contributed by atoms with E-state index in [1.807, 2.05) is 192 Å². The zero-order chi connectivity index (χ0) is 79.9. The molecule has 4 atom stereocenters. The van der Waals surface area contributed by atoms with Gasteiger partial charge in [-0.05, 0) is 129 Å². The molecule has 0 spiro atoms. The number of benzene rings is 9. The second-order valence-corrected chi connectivity index (χ2v) is 28.9. The normalized spacial score (nSPS) is 16.7. The van der Waals surface area contributed by atoms with E-state index >= 15 is 28.8 Å². The van der Waals surface area contributed by atoms with E-state index in [2.05, 4.69) is 37.2 Å². The van der Waals surface area contributed by atoms with Gasteiger partial charge in [0.25, 0.3) is 35.4 Å². The number of carbonyl (C=O) groups is 7. The number of nitrogens with two attached hydrogens (primary N) is 1. The van der Waals surface area contributed by atoms with Crippen LogP contribution < -0.4 is 71.4 Å². The molecule has 12 rings (SSSR count). The molecule has 24 heteroatoms. The minimum atomic E-state index is -0.746. The van der Waals surface area contributed by atoms with Crippen molar-refractivity contribution in [2.24, 2.45) is 5.73 Å². The van der Waals surface area contributed by atoms with Gasteiger partial charge in [-0.2, -0.15) is 0 Å². The highest BCUT2D eigenvalue weighted by Crippen LogP contribution is 2.41. The number of hydrogen-bond acceptors (Lipinski definition) is 17. The molecule has 8 bridgehead atoms. The van der Waals surface area contributed by atoms with Crippen LogP contribution in [0.2, 0.25) is 0 Å². The number of amides is 7. The van der Waals surface area contributed by atoms with E-state index in [1.165, 1.54) is 12.1 Å². The van der Waals surface area contributed by atoms with Crippen LogP contribution in [0.1, 0.15) is 148 Å². The number of hydrogen-bond donors (Lipinski definition) is 8. The van der Waals surface area contributed by atoms with Crippen LogP contribution in [0.15, 0.2) is 218 Å². The van der Waals surface area contributed by atoms with Gasteiger partial charge in [0.1, 0.15) is 45.2 Å². The number of rotatable bonds is 26. The first-order valence-corrected chi connectivity index (χ1v) is 38.9. The van der Waals surface area contributed by atoms with Gasteiger partial charge >= 0.3 is 6.09 Å². The molecule has 9 aromatic carbocycles. The van der Waals surface area contributed by atoms with Gasteiger partial charge in [-0.1, -0.05) is 182 Å². The number of fused-ring (bicyclic) bond motifs is 18. The third-order valence-corrected chi connectivity index (χ3v) is 19.0. The summed E-state index contributed by atoms with van der Waals surface area (Å²) in [5, 5.41) is 22.0. The Labute approximate surface area is 666 Å². The summed E-state index contributed by atoms with van der Waals surface area (Å²) in [4.78, 5) is 109. The van der Waals surface area contributed by atoms with Crippen molar-refractivity contribution in [2.45, 2.75) is 110 Å². The van der Waals surface area contributed by atoms with Gasteiger partial charge < -0.3 is 76.1 Å². The number of unbranched alkanes of at least 4 members (excludes halogenated alkanes) is 1. The molecule has 0 saturated carbocycles. The summed E-state index contributed by atoms with van der Waals surface area (Å²) in [5.74, 6) is -3.25. The molecule has 0 fully saturated rings. The molecule has 0 radical (unpaired) electrons. The van der Waals surface area contributed by atoms with E-state index < -0.39 is 59.2 Å². The van der Waals surface area contributed by atoms with Crippen LogP contribution in [0.3, 0.4) is 0 Å². The SMILES string of the molecule is CC(C)(C)OC(=O)NCCCC[C@H]1CN2CCNC(=O)c3ccc(c(OCc4ccccc4)c3OCc3ccccc3)C(=O)NCCN(CCNC(=O)c3ccc(c(OCc4ccccc4)c3OCc3ccccc3)C(=O)N[C@@H](CCCN)C2)CCNC(=O)c2ccc(c(OCc3ccccc3)c2OCc2ccccc2)C(=O)N1. The molecule has 3 aliphatic rings. The van der Waals surface area contributed by atoms with Gasteiger partial charge in [0.05, 0.1) is 33.4 Å². The minimum absolute atomic E-state index is 0.00220. The second kappa shape index (κ2) is 42.4. The molecule has 9 N–H and O–H groups in total. The smallest absolute Gasteiger partial charge is 0.407 e. The summed E-state index contributed by atoms with van der Waals surface area (Å²) in [6.45, 7) is 6.58. The predicted octanol–water partition coefficient (Wildman–Crippen LogP) is 11.7. The largest absolute Gasteiger partial charge is 0.484 e. The standard InChI is InChI=1S/C90H102N10O14/c1-90(2,3)114-89(107)96-46-23-22-37-69-55-100-54-50-95-86(104)72-40-39-71(77(108-57-63-25-10-4-11-26-63)78(72)109-58-64-27-12-5-13-28-64)83(101)92-47-51-99(52-48-93-84(102)73-41-43-75(87(105)97-69)81(112-61-67-33-18-8-19-34-67)79(73)110-59-65-29-14-6-15-30-65)53-49-94-85(103)74-42-44-76(88(106)98-70(56-100)38-24-45-91)82(113-62-68-35-20-9-21-36-68)80(74)111-60-66-31-16-7-17-32-66/h4-21,25-36,39-44,69-70H,22-24,37-38,45-62,91H2,1-3H3,(H,92,101)(H,93,102)(H,94,103)(H,95,104)(H,96,107)(H,97,105)(H,98,106)/t69-,70-/m0/s1. The average molecular weight is 1550 g/mol. The molecule has 596 valence electrons. The molecule has 114 heavy (non-hydrogen) atoms. The van der Waals surface area contributed by atoms with Crippen LogP contribution in [0.5, 0.6) is 34.5 Å². The highest BCUT2D eigenvalue weighted by Gasteiger charge is 2.32. The van der Waals surface area contributed by atoms with Crippen LogP contribution in [-0.2, 0) is 44.4 Å². The Morgan fingerprint density at radius 3 is 0.877 bits per heavy atom. The highest BCUT2D eigenvalue weighted by molar-refractivity contribution is 6.05. The van der Waals surface area contributed by atoms with Crippen LogP contribution in [0.4, 0.5) is 4.79 Å². The van der Waals surface area contributed by atoms with E-state index in [0.717, 1.165) is 33.4 Å². The molecule has 0 aliphatic carbocycles. The Morgan fingerprint density at radius 2 is 0.614 bits per heavy atom. The van der Waals surface area contributed by atoms with Crippen molar-refractivity contribution >= 4 is 41.5 Å². The molecule has 0 saturated heterocycles. The summed E-state index contributed by atoms with van der Waals surface area (Å²) >= 11 is 0. The van der Waals surface area contributed by atoms with Gasteiger partial charge in [0.15, 0.2) is 34.5 Å². The summed E-state index contributed by atoms with van der Waals surface area (Å²) < 4.78 is 45.9. The lowest BCUT2D eigenvalue weighted by Gasteiger charge is -2.32. The van der Waals surface area contributed by atoms with Gasteiger partial charge in [-0.15, -0.1) is 0 Å². The zero-order valence-electron chi connectivity index (χ0n) is 64.9. The molecule has 0 aromatic heterocycles. The Balaban J connectivity index is 1.06. The van der Waals surface area contributed by atoms with Crippen molar-refractivity contribution in [3.8, 4) is 34.5 Å². The van der Waals surface area contributed by atoms with Crippen LogP contribution in [0.25, 0.3) is 0 Å². The van der Waals surface area contributed by atoms with E-state index in [1.54, 1.807) is 45.0 Å². The number of nitrogens with zero attached hydrogens (tertiary/aromatic N) is 2. The quantitative estimate of drug-likeness (QED) is 0.0234. The third-order valence-electron chi connectivity index (χ3n) is 19.0. The fourth-order valence-corrected chi connectivity index (χ4v) is 13.2. The topological polar surface area (TPSA) is 301 Å². The highest BCUT2D eigenvalue weighted by atomic mass is 16.6. The number of carbonyl (C=O) groups excluding carboxylic acids is 7. The summed E-state index contributed by atoms with van der Waals surface area (Å²) in [6.07, 6.45) is 1.45. The Hall–Kier alpha value is -12.3. The Morgan fingerprint density at radius 1 is 0.360 bits per heavy atom. The molecule has 3 aliphatic heterocycles. The maximum atomic E-state index is 15.9. The molecular weight excluding hydrogens is 1450 g/mol. The van der Waals surface area contributed by atoms with E-state index in [4.69, 9.17) is 38.9 Å². The van der Waals surface area contributed by atoms with E-state index in [-0.39, 0.29) is 186 Å². The lowest BCUT2D eigenvalue weighted by Crippen LogP contribution is -2.51.